The maximum absolute atomic E-state index is 10.7. The first-order valence-electron chi connectivity index (χ1n) is 2.72. The Balaban J connectivity index is 2.60. The van der Waals surface area contributed by atoms with E-state index < -0.39 is 0 Å². The van der Waals surface area contributed by atoms with E-state index in [1.54, 1.807) is 6.92 Å². The summed E-state index contributed by atoms with van der Waals surface area (Å²) in [5.74, 6) is 0.220. The highest BCUT2D eigenvalue weighted by atomic mass is 35.5. The number of halogens is 1. The second kappa shape index (κ2) is 1.47. The molecule has 8 heavy (non-hydrogen) atoms. The zero-order chi connectivity index (χ0) is 6.36. The van der Waals surface area contributed by atoms with Crippen molar-refractivity contribution in [3.05, 3.63) is 0 Å². The molecular weight excluding hydrogens is 124 g/mol. The molecule has 2 atom stereocenters. The molecule has 1 fully saturated rings. The highest BCUT2D eigenvalue weighted by Crippen LogP contribution is 2.50. The molecule has 0 aromatic rings. The summed E-state index contributed by atoms with van der Waals surface area (Å²) in [5.41, 5.74) is -0.165. The lowest BCUT2D eigenvalue weighted by Crippen LogP contribution is -2.09. The van der Waals surface area contributed by atoms with Gasteiger partial charge in [0.1, 0.15) is 5.78 Å². The average molecular weight is 133 g/mol. The molecular formula is C6H9ClO. The highest BCUT2D eigenvalue weighted by molar-refractivity contribution is 6.25. The molecule has 2 unspecified atom stereocenters. The largest absolute Gasteiger partial charge is 0.299 e. The fourth-order valence-corrected chi connectivity index (χ4v) is 1.15. The van der Waals surface area contributed by atoms with Crippen molar-refractivity contribution in [3.8, 4) is 0 Å². The van der Waals surface area contributed by atoms with Crippen LogP contribution in [0.5, 0.6) is 0 Å². The molecule has 0 radical (unpaired) electrons. The normalized spacial score (nSPS) is 44.1. The summed E-state index contributed by atoms with van der Waals surface area (Å²) in [5, 5.41) is 0.111. The molecule has 0 aliphatic heterocycles. The zero-order valence-electron chi connectivity index (χ0n) is 5.07. The van der Waals surface area contributed by atoms with Crippen molar-refractivity contribution in [2.45, 2.75) is 25.6 Å². The highest BCUT2D eigenvalue weighted by Gasteiger charge is 2.52. The maximum Gasteiger partial charge on any atom is 0.137 e. The predicted octanol–water partition coefficient (Wildman–Crippen LogP) is 1.59. The van der Waals surface area contributed by atoms with Crippen molar-refractivity contribution >= 4 is 17.4 Å². The Bertz CT molecular complexity index is 132. The van der Waals surface area contributed by atoms with Crippen LogP contribution in [0.3, 0.4) is 0 Å². The van der Waals surface area contributed by atoms with Gasteiger partial charge in [0.15, 0.2) is 0 Å². The first-order chi connectivity index (χ1) is 3.57. The Labute approximate surface area is 54.0 Å². The Hall–Kier alpha value is -0.0400. The molecule has 0 saturated heterocycles. The molecule has 1 nitrogen and oxygen atoms in total. The van der Waals surface area contributed by atoms with E-state index in [2.05, 4.69) is 0 Å². The van der Waals surface area contributed by atoms with E-state index in [9.17, 15) is 4.79 Å². The number of carbonyl (C=O) groups is 1. The summed E-state index contributed by atoms with van der Waals surface area (Å²) < 4.78 is 0. The summed E-state index contributed by atoms with van der Waals surface area (Å²) in [6, 6.07) is 0. The molecule has 0 spiro atoms. The fourth-order valence-electron chi connectivity index (χ4n) is 0.678. The van der Waals surface area contributed by atoms with Gasteiger partial charge in [0.2, 0.25) is 0 Å². The quantitative estimate of drug-likeness (QED) is 0.496. The van der Waals surface area contributed by atoms with E-state index in [1.807, 2.05) is 6.92 Å². The van der Waals surface area contributed by atoms with Crippen molar-refractivity contribution in [1.82, 2.24) is 0 Å². The minimum absolute atomic E-state index is 0.111. The molecule has 0 heterocycles. The summed E-state index contributed by atoms with van der Waals surface area (Å²) in [4.78, 5) is 10.7. The Kier molecular flexibility index (Phi) is 1.12. The van der Waals surface area contributed by atoms with Crippen LogP contribution in [0.25, 0.3) is 0 Å². The first kappa shape index (κ1) is 6.09. The summed E-state index contributed by atoms with van der Waals surface area (Å²) in [6.45, 7) is 3.51. The van der Waals surface area contributed by atoms with Crippen LogP contribution in [0.15, 0.2) is 0 Å². The predicted molar refractivity (Wildman–Crippen MR) is 33.0 cm³/mol. The third kappa shape index (κ3) is 0.655. The third-order valence-electron chi connectivity index (χ3n) is 1.94. The molecule has 0 aromatic carbocycles. The Morgan fingerprint density at radius 2 is 2.25 bits per heavy atom. The lowest BCUT2D eigenvalue weighted by atomic mass is 10.1. The number of ketones is 1. The van der Waals surface area contributed by atoms with E-state index in [0.29, 0.717) is 0 Å². The van der Waals surface area contributed by atoms with Gasteiger partial charge in [0.25, 0.3) is 0 Å². The van der Waals surface area contributed by atoms with Crippen LogP contribution in [0.1, 0.15) is 20.3 Å². The first-order valence-corrected chi connectivity index (χ1v) is 3.16. The molecule has 1 saturated carbocycles. The van der Waals surface area contributed by atoms with Crippen LogP contribution in [0.4, 0.5) is 0 Å². The number of Topliss-reactive ketones (excluding diaryl/α,β-unsaturated/α-hetero) is 1. The summed E-state index contributed by atoms with van der Waals surface area (Å²) >= 11 is 5.67. The standard InChI is InChI=1S/C6H9ClO/c1-4(8)6(2)3-5(6)7/h5H,3H2,1-2H3. The number of carbonyl (C=O) groups excluding carboxylic acids is 1. The topological polar surface area (TPSA) is 17.1 Å². The van der Waals surface area contributed by atoms with Gasteiger partial charge in [-0.25, -0.2) is 0 Å². The lowest BCUT2D eigenvalue weighted by Gasteiger charge is -1.98. The zero-order valence-corrected chi connectivity index (χ0v) is 5.83. The van der Waals surface area contributed by atoms with Crippen LogP contribution >= 0.6 is 11.6 Å². The van der Waals surface area contributed by atoms with Crippen molar-refractivity contribution in [1.29, 1.82) is 0 Å². The number of rotatable bonds is 1. The van der Waals surface area contributed by atoms with Gasteiger partial charge in [-0.05, 0) is 13.3 Å². The van der Waals surface area contributed by atoms with Crippen LogP contribution < -0.4 is 0 Å². The van der Waals surface area contributed by atoms with Gasteiger partial charge in [0.05, 0.1) is 0 Å². The molecule has 1 aliphatic carbocycles. The molecule has 46 valence electrons. The third-order valence-corrected chi connectivity index (χ3v) is 2.57. The molecule has 1 aliphatic rings. The number of alkyl halides is 1. The smallest absolute Gasteiger partial charge is 0.137 e. The molecule has 0 bridgehead atoms. The SMILES string of the molecule is CC(=O)C1(C)CC1Cl. The van der Waals surface area contributed by atoms with Gasteiger partial charge in [-0.2, -0.15) is 0 Å². The van der Waals surface area contributed by atoms with Crippen molar-refractivity contribution in [2.75, 3.05) is 0 Å². The number of hydrogen-bond donors (Lipinski definition) is 0. The van der Waals surface area contributed by atoms with Crippen LogP contribution in [0, 0.1) is 5.41 Å². The van der Waals surface area contributed by atoms with E-state index in [4.69, 9.17) is 11.6 Å². The Morgan fingerprint density at radius 1 is 1.88 bits per heavy atom. The van der Waals surface area contributed by atoms with Gasteiger partial charge < -0.3 is 0 Å². The van der Waals surface area contributed by atoms with E-state index in [-0.39, 0.29) is 16.6 Å². The molecule has 0 amide bonds. The summed E-state index contributed by atoms with van der Waals surface area (Å²) in [6.07, 6.45) is 0.865. The van der Waals surface area contributed by atoms with Crippen LogP contribution in [0.2, 0.25) is 0 Å². The molecule has 0 aromatic heterocycles. The minimum Gasteiger partial charge on any atom is -0.299 e. The second-order valence-corrected chi connectivity index (χ2v) is 3.17. The van der Waals surface area contributed by atoms with Crippen molar-refractivity contribution in [2.24, 2.45) is 5.41 Å². The van der Waals surface area contributed by atoms with Gasteiger partial charge >= 0.3 is 0 Å². The molecule has 0 N–H and O–H groups in total. The van der Waals surface area contributed by atoms with Crippen molar-refractivity contribution in [3.63, 3.8) is 0 Å². The van der Waals surface area contributed by atoms with Gasteiger partial charge in [-0.15, -0.1) is 11.6 Å². The average Bonchev–Trinajstić information content (AvgIpc) is 2.17. The maximum atomic E-state index is 10.7. The minimum atomic E-state index is -0.165. The molecule has 2 heteroatoms. The summed E-state index contributed by atoms with van der Waals surface area (Å²) in [7, 11) is 0. The van der Waals surface area contributed by atoms with Crippen molar-refractivity contribution < 1.29 is 4.79 Å². The number of hydrogen-bond acceptors (Lipinski definition) is 1. The fraction of sp³-hybridized carbons (Fsp3) is 0.833. The van der Waals surface area contributed by atoms with Gasteiger partial charge in [0, 0.05) is 10.8 Å². The lowest BCUT2D eigenvalue weighted by molar-refractivity contribution is -0.121. The van der Waals surface area contributed by atoms with E-state index in [1.165, 1.54) is 0 Å². The Morgan fingerprint density at radius 3 is 2.25 bits per heavy atom. The van der Waals surface area contributed by atoms with Gasteiger partial charge in [-0.1, -0.05) is 6.92 Å². The monoisotopic (exact) mass is 132 g/mol. The van der Waals surface area contributed by atoms with Gasteiger partial charge in [-0.3, -0.25) is 4.79 Å². The molecule has 1 rings (SSSR count). The van der Waals surface area contributed by atoms with E-state index in [0.717, 1.165) is 6.42 Å². The second-order valence-electron chi connectivity index (χ2n) is 2.65. The van der Waals surface area contributed by atoms with E-state index >= 15 is 0 Å². The van der Waals surface area contributed by atoms with Crippen LogP contribution in [-0.4, -0.2) is 11.2 Å². The van der Waals surface area contributed by atoms with Crippen LogP contribution in [-0.2, 0) is 4.79 Å².